The van der Waals surface area contributed by atoms with Crippen LogP contribution in [0.2, 0.25) is 5.02 Å². The number of halogens is 1. The molecule has 2 N–H and O–H groups in total. The molecule has 0 unspecified atom stereocenters. The average molecular weight is 428 g/mol. The van der Waals surface area contributed by atoms with E-state index in [9.17, 15) is 9.59 Å². The predicted octanol–water partition coefficient (Wildman–Crippen LogP) is 3.33. The van der Waals surface area contributed by atoms with Crippen molar-refractivity contribution < 1.29 is 9.90 Å². The van der Waals surface area contributed by atoms with Crippen LogP contribution >= 0.6 is 11.6 Å². The minimum absolute atomic E-state index is 0.0231. The maximum absolute atomic E-state index is 13.4. The van der Waals surface area contributed by atoms with Crippen LogP contribution < -0.4 is 11.0 Å². The molecule has 0 saturated heterocycles. The number of imidazole rings is 1. The Hall–Kier alpha value is -2.83. The van der Waals surface area contributed by atoms with Crippen LogP contribution in [-0.4, -0.2) is 32.8 Å². The Bertz CT molecular complexity index is 1100. The summed E-state index contributed by atoms with van der Waals surface area (Å²) in [7, 11) is 0. The molecule has 30 heavy (non-hydrogen) atoms. The van der Waals surface area contributed by atoms with Crippen LogP contribution in [0.5, 0.6) is 0 Å². The number of rotatable bonds is 7. The van der Waals surface area contributed by atoms with E-state index in [0.29, 0.717) is 22.8 Å². The van der Waals surface area contributed by atoms with Gasteiger partial charge in [0.25, 0.3) is 0 Å². The zero-order valence-corrected chi connectivity index (χ0v) is 18.1. The Balaban J connectivity index is 2.16. The van der Waals surface area contributed by atoms with Crippen molar-refractivity contribution in [1.29, 1.82) is 0 Å². The second kappa shape index (κ2) is 9.32. The fourth-order valence-corrected chi connectivity index (χ4v) is 3.75. The molecule has 0 spiro atoms. The highest BCUT2D eigenvalue weighted by Crippen LogP contribution is 2.27. The molecule has 3 rings (SSSR count). The molecule has 0 bridgehead atoms. The van der Waals surface area contributed by atoms with Gasteiger partial charge in [0.2, 0.25) is 5.91 Å². The van der Waals surface area contributed by atoms with Crippen molar-refractivity contribution in [3.8, 4) is 16.9 Å². The molecule has 158 valence electrons. The molecule has 1 aromatic heterocycles. The van der Waals surface area contributed by atoms with E-state index in [1.54, 1.807) is 16.7 Å². The van der Waals surface area contributed by atoms with Crippen molar-refractivity contribution in [2.24, 2.45) is 0 Å². The standard InChI is InChI=1S/C23H26ClN3O3/c1-15(2)25-21(29)14-26-22(18-5-4-6-19(24)13-18)16(3)27(23(26)30)20-9-7-17(8-10-20)11-12-28/h4-10,13,15,28H,11-12,14H2,1-3H3,(H,25,29). The lowest BCUT2D eigenvalue weighted by Crippen LogP contribution is -2.36. The monoisotopic (exact) mass is 427 g/mol. The topological polar surface area (TPSA) is 76.3 Å². The van der Waals surface area contributed by atoms with Crippen LogP contribution in [0.25, 0.3) is 16.9 Å². The number of aliphatic hydroxyl groups is 1. The molecule has 7 heteroatoms. The molecule has 1 heterocycles. The van der Waals surface area contributed by atoms with E-state index in [4.69, 9.17) is 16.7 Å². The quantitative estimate of drug-likeness (QED) is 0.607. The Morgan fingerprint density at radius 2 is 1.87 bits per heavy atom. The lowest BCUT2D eigenvalue weighted by atomic mass is 10.1. The van der Waals surface area contributed by atoms with E-state index < -0.39 is 0 Å². The van der Waals surface area contributed by atoms with Gasteiger partial charge >= 0.3 is 5.69 Å². The summed E-state index contributed by atoms with van der Waals surface area (Å²) in [4.78, 5) is 25.8. The molecule has 0 saturated carbocycles. The van der Waals surface area contributed by atoms with Gasteiger partial charge in [0, 0.05) is 28.9 Å². The third kappa shape index (κ3) is 4.66. The van der Waals surface area contributed by atoms with E-state index in [-0.39, 0.29) is 30.8 Å². The summed E-state index contributed by atoms with van der Waals surface area (Å²) in [5, 5.41) is 12.5. The molecular weight excluding hydrogens is 402 g/mol. The van der Waals surface area contributed by atoms with Crippen molar-refractivity contribution in [2.45, 2.75) is 39.8 Å². The molecule has 0 radical (unpaired) electrons. The Labute approximate surface area is 180 Å². The molecular formula is C23H26ClN3O3. The zero-order chi connectivity index (χ0) is 21.8. The minimum atomic E-state index is -0.295. The summed E-state index contributed by atoms with van der Waals surface area (Å²) in [5.41, 5.74) is 3.53. The van der Waals surface area contributed by atoms with Gasteiger partial charge in [0.05, 0.1) is 11.4 Å². The van der Waals surface area contributed by atoms with Gasteiger partial charge in [0.1, 0.15) is 6.54 Å². The first kappa shape index (κ1) is 21.9. The number of amides is 1. The van der Waals surface area contributed by atoms with Gasteiger partial charge in [-0.05, 0) is 57.0 Å². The summed E-state index contributed by atoms with van der Waals surface area (Å²) in [6, 6.07) is 14.7. The summed E-state index contributed by atoms with van der Waals surface area (Å²) in [6.07, 6.45) is 0.554. The smallest absolute Gasteiger partial charge is 0.333 e. The third-order valence-electron chi connectivity index (χ3n) is 4.81. The summed E-state index contributed by atoms with van der Waals surface area (Å²) in [6.45, 7) is 5.59. The predicted molar refractivity (Wildman–Crippen MR) is 119 cm³/mol. The summed E-state index contributed by atoms with van der Waals surface area (Å²) in [5.74, 6) is -0.231. The number of carbonyl (C=O) groups excluding carboxylic acids is 1. The van der Waals surface area contributed by atoms with Gasteiger partial charge in [-0.15, -0.1) is 0 Å². The first-order valence-corrected chi connectivity index (χ1v) is 10.3. The number of nitrogens with one attached hydrogen (secondary N) is 1. The number of aliphatic hydroxyl groups excluding tert-OH is 1. The van der Waals surface area contributed by atoms with Gasteiger partial charge < -0.3 is 10.4 Å². The molecule has 3 aromatic rings. The van der Waals surface area contributed by atoms with Gasteiger partial charge in [-0.2, -0.15) is 0 Å². The van der Waals surface area contributed by atoms with Crippen molar-refractivity contribution >= 4 is 17.5 Å². The first-order valence-electron chi connectivity index (χ1n) is 9.89. The highest BCUT2D eigenvalue weighted by Gasteiger charge is 2.21. The van der Waals surface area contributed by atoms with Crippen LogP contribution in [0.3, 0.4) is 0 Å². The third-order valence-corrected chi connectivity index (χ3v) is 5.05. The molecule has 0 fully saturated rings. The highest BCUT2D eigenvalue weighted by molar-refractivity contribution is 6.30. The highest BCUT2D eigenvalue weighted by atomic mass is 35.5. The number of hydrogen-bond acceptors (Lipinski definition) is 3. The summed E-state index contributed by atoms with van der Waals surface area (Å²) >= 11 is 6.19. The average Bonchev–Trinajstić information content (AvgIpc) is 2.92. The maximum atomic E-state index is 13.4. The molecule has 1 amide bonds. The fraction of sp³-hybridized carbons (Fsp3) is 0.304. The lowest BCUT2D eigenvalue weighted by Gasteiger charge is -2.11. The normalized spacial score (nSPS) is 11.1. The van der Waals surface area contributed by atoms with Gasteiger partial charge in [0.15, 0.2) is 0 Å². The van der Waals surface area contributed by atoms with E-state index in [0.717, 1.165) is 16.8 Å². The Morgan fingerprint density at radius 3 is 2.47 bits per heavy atom. The van der Waals surface area contributed by atoms with E-state index in [2.05, 4.69) is 5.32 Å². The van der Waals surface area contributed by atoms with E-state index in [1.807, 2.05) is 57.2 Å². The number of hydrogen-bond donors (Lipinski definition) is 2. The number of nitrogens with zero attached hydrogens (tertiary/aromatic N) is 2. The first-order chi connectivity index (χ1) is 14.3. The minimum Gasteiger partial charge on any atom is -0.396 e. The lowest BCUT2D eigenvalue weighted by molar-refractivity contribution is -0.122. The SMILES string of the molecule is Cc1c(-c2cccc(Cl)c2)n(CC(=O)NC(C)C)c(=O)n1-c1ccc(CCO)cc1. The van der Waals surface area contributed by atoms with Crippen LogP contribution in [-0.2, 0) is 17.8 Å². The Kier molecular flexibility index (Phi) is 6.80. The number of carbonyl (C=O) groups is 1. The van der Waals surface area contributed by atoms with Crippen molar-refractivity contribution in [3.05, 3.63) is 75.3 Å². The molecule has 0 aliphatic heterocycles. The number of aromatic nitrogens is 2. The largest absolute Gasteiger partial charge is 0.396 e. The maximum Gasteiger partial charge on any atom is 0.333 e. The van der Waals surface area contributed by atoms with Crippen LogP contribution in [0.15, 0.2) is 53.3 Å². The van der Waals surface area contributed by atoms with Crippen molar-refractivity contribution in [1.82, 2.24) is 14.5 Å². The molecule has 0 aliphatic rings. The van der Waals surface area contributed by atoms with Gasteiger partial charge in [-0.25, -0.2) is 4.79 Å². The molecule has 0 aliphatic carbocycles. The van der Waals surface area contributed by atoms with E-state index >= 15 is 0 Å². The van der Waals surface area contributed by atoms with Crippen molar-refractivity contribution in [2.75, 3.05) is 6.61 Å². The van der Waals surface area contributed by atoms with Gasteiger partial charge in [-0.3, -0.25) is 13.9 Å². The molecule has 0 atom stereocenters. The van der Waals surface area contributed by atoms with Crippen LogP contribution in [0.1, 0.15) is 25.1 Å². The van der Waals surface area contributed by atoms with Gasteiger partial charge in [-0.1, -0.05) is 35.9 Å². The second-order valence-corrected chi connectivity index (χ2v) is 7.95. The molecule has 6 nitrogen and oxygen atoms in total. The van der Waals surface area contributed by atoms with E-state index in [1.165, 1.54) is 4.57 Å². The van der Waals surface area contributed by atoms with Crippen LogP contribution in [0, 0.1) is 6.92 Å². The second-order valence-electron chi connectivity index (χ2n) is 7.51. The fourth-order valence-electron chi connectivity index (χ4n) is 3.56. The zero-order valence-electron chi connectivity index (χ0n) is 17.4. The Morgan fingerprint density at radius 1 is 1.17 bits per heavy atom. The number of benzene rings is 2. The molecule has 2 aromatic carbocycles. The van der Waals surface area contributed by atoms with Crippen molar-refractivity contribution in [3.63, 3.8) is 0 Å². The van der Waals surface area contributed by atoms with Crippen LogP contribution in [0.4, 0.5) is 0 Å². The summed E-state index contributed by atoms with van der Waals surface area (Å²) < 4.78 is 3.09.